The molecule has 186 valence electrons. The molecule has 1 saturated heterocycles. The van der Waals surface area contributed by atoms with Gasteiger partial charge < -0.3 is 15.1 Å². The highest BCUT2D eigenvalue weighted by Crippen LogP contribution is 2.27. The fourth-order valence-electron chi connectivity index (χ4n) is 4.86. The van der Waals surface area contributed by atoms with Gasteiger partial charge in [0.1, 0.15) is 11.6 Å². The Labute approximate surface area is 215 Å². The molecule has 0 radical (unpaired) electrons. The highest BCUT2D eigenvalue weighted by atomic mass is 16.2. The molecule has 37 heavy (non-hydrogen) atoms. The molecule has 8 heteroatoms. The van der Waals surface area contributed by atoms with Crippen LogP contribution in [-0.4, -0.2) is 56.6 Å². The summed E-state index contributed by atoms with van der Waals surface area (Å²) < 4.78 is 1.79. The monoisotopic (exact) mass is 491 g/mol. The first-order valence-corrected chi connectivity index (χ1v) is 12.6. The van der Waals surface area contributed by atoms with Crippen LogP contribution in [0.15, 0.2) is 78.9 Å². The molecule has 1 fully saturated rings. The lowest BCUT2D eigenvalue weighted by atomic mass is 10.0. The molecule has 0 bridgehead atoms. The summed E-state index contributed by atoms with van der Waals surface area (Å²) in [5, 5.41) is 10.9. The lowest BCUT2D eigenvalue weighted by Gasteiger charge is -2.35. The van der Waals surface area contributed by atoms with E-state index in [1.54, 1.807) is 11.4 Å². The minimum absolute atomic E-state index is 0.0296. The van der Waals surface area contributed by atoms with Crippen molar-refractivity contribution in [1.29, 1.82) is 0 Å². The number of hydrogen-bond acceptors (Lipinski definition) is 6. The van der Waals surface area contributed by atoms with Crippen LogP contribution >= 0.6 is 0 Å². The Morgan fingerprint density at radius 3 is 2.35 bits per heavy atom. The van der Waals surface area contributed by atoms with Crippen LogP contribution < -0.4 is 10.2 Å². The first kappa shape index (κ1) is 23.0. The van der Waals surface area contributed by atoms with Gasteiger partial charge in [-0.15, -0.1) is 5.10 Å². The molecule has 0 unspecified atom stereocenters. The lowest BCUT2D eigenvalue weighted by molar-refractivity contribution is -0.129. The molecular weight excluding hydrogens is 462 g/mol. The molecule has 1 atom stereocenters. The van der Waals surface area contributed by atoms with E-state index in [-0.39, 0.29) is 11.9 Å². The molecular formula is C29H29N7O. The summed E-state index contributed by atoms with van der Waals surface area (Å²) in [7, 11) is 0. The molecule has 0 saturated carbocycles. The molecule has 0 spiro atoms. The Morgan fingerprint density at radius 2 is 1.59 bits per heavy atom. The Kier molecular flexibility index (Phi) is 5.92. The lowest BCUT2D eigenvalue weighted by Crippen LogP contribution is -2.48. The van der Waals surface area contributed by atoms with Gasteiger partial charge in [0.25, 0.3) is 5.78 Å². The van der Waals surface area contributed by atoms with Crippen LogP contribution in [0.2, 0.25) is 0 Å². The second-order valence-electron chi connectivity index (χ2n) is 9.48. The first-order chi connectivity index (χ1) is 18.0. The van der Waals surface area contributed by atoms with E-state index in [1.807, 2.05) is 41.3 Å². The van der Waals surface area contributed by atoms with E-state index in [0.29, 0.717) is 24.7 Å². The second kappa shape index (κ2) is 9.54. The van der Waals surface area contributed by atoms with Gasteiger partial charge in [-0.1, -0.05) is 66.7 Å². The van der Waals surface area contributed by atoms with E-state index in [2.05, 4.69) is 59.6 Å². The average Bonchev–Trinajstić information content (AvgIpc) is 3.38. The van der Waals surface area contributed by atoms with Crippen LogP contribution in [0.25, 0.3) is 27.9 Å². The minimum Gasteiger partial charge on any atom is -0.363 e. The summed E-state index contributed by atoms with van der Waals surface area (Å²) in [6, 6.07) is 27.0. The predicted molar refractivity (Wildman–Crippen MR) is 147 cm³/mol. The van der Waals surface area contributed by atoms with Crippen LogP contribution in [0.4, 0.5) is 11.6 Å². The summed E-state index contributed by atoms with van der Waals surface area (Å²) >= 11 is 0. The van der Waals surface area contributed by atoms with Gasteiger partial charge >= 0.3 is 0 Å². The number of carbonyl (C=O) groups excluding carboxylic acids is 1. The van der Waals surface area contributed by atoms with Gasteiger partial charge in [0, 0.05) is 50.8 Å². The molecule has 3 heterocycles. The third-order valence-electron chi connectivity index (χ3n) is 7.02. The molecule has 5 aromatic rings. The number of fused-ring (bicyclic) bond motifs is 2. The fraction of sp³-hybridized carbons (Fsp3) is 0.241. The highest BCUT2D eigenvalue weighted by Gasteiger charge is 2.22. The molecule has 1 N–H and O–H groups in total. The molecule has 1 aliphatic heterocycles. The Morgan fingerprint density at radius 1 is 0.865 bits per heavy atom. The normalized spacial score (nSPS) is 14.8. The number of rotatable bonds is 5. The van der Waals surface area contributed by atoms with Crippen molar-refractivity contribution in [3.63, 3.8) is 0 Å². The highest BCUT2D eigenvalue weighted by molar-refractivity contribution is 5.83. The Balaban J connectivity index is 1.37. The van der Waals surface area contributed by atoms with Gasteiger partial charge in [-0.2, -0.15) is 14.5 Å². The average molecular weight is 492 g/mol. The largest absolute Gasteiger partial charge is 0.363 e. The van der Waals surface area contributed by atoms with Crippen LogP contribution in [-0.2, 0) is 4.79 Å². The first-order valence-electron chi connectivity index (χ1n) is 12.6. The number of nitrogens with zero attached hydrogens (tertiary/aromatic N) is 6. The van der Waals surface area contributed by atoms with E-state index in [0.717, 1.165) is 30.3 Å². The maximum absolute atomic E-state index is 11.8. The maximum Gasteiger partial charge on any atom is 0.256 e. The number of nitrogens with one attached hydrogen (secondary N) is 1. The zero-order chi connectivity index (χ0) is 25.4. The van der Waals surface area contributed by atoms with Crippen molar-refractivity contribution >= 4 is 34.1 Å². The van der Waals surface area contributed by atoms with E-state index < -0.39 is 0 Å². The number of aromatic nitrogens is 4. The summed E-state index contributed by atoms with van der Waals surface area (Å²) in [6.45, 7) is 6.58. The van der Waals surface area contributed by atoms with Gasteiger partial charge in [-0.3, -0.25) is 4.79 Å². The van der Waals surface area contributed by atoms with Crippen LogP contribution in [0.1, 0.15) is 25.5 Å². The Hall–Kier alpha value is -4.46. The standard InChI is InChI=1S/C29H29N7O/c1-20(24-13-12-22-8-6-7-11-25(22)18-24)30-27-19-26(35-16-14-34(15-17-35)21(2)37)31-29-32-28(33-36(27)29)23-9-4-3-5-10-23/h3-13,18-20,30H,14-17H2,1-2H3/t20-/m1/s1. The summed E-state index contributed by atoms with van der Waals surface area (Å²) in [4.78, 5) is 25.5. The molecule has 6 rings (SSSR count). The van der Waals surface area contributed by atoms with Gasteiger partial charge in [-0.05, 0) is 29.3 Å². The number of piperazine rings is 1. The van der Waals surface area contributed by atoms with Crippen molar-refractivity contribution in [3.05, 3.63) is 84.4 Å². The van der Waals surface area contributed by atoms with E-state index in [1.165, 1.54) is 16.3 Å². The number of benzene rings is 3. The zero-order valence-electron chi connectivity index (χ0n) is 21.0. The molecule has 3 aromatic carbocycles. The van der Waals surface area contributed by atoms with Crippen LogP contribution in [0.5, 0.6) is 0 Å². The molecule has 1 aliphatic rings. The number of amides is 1. The Bertz CT molecular complexity index is 1570. The van der Waals surface area contributed by atoms with E-state index >= 15 is 0 Å². The molecule has 2 aromatic heterocycles. The SMILES string of the molecule is CC(=O)N1CCN(c2cc(N[C@H](C)c3ccc4ccccc4c3)n3nc(-c4ccccc4)nc3n2)CC1. The van der Waals surface area contributed by atoms with Gasteiger partial charge in [0.05, 0.1) is 0 Å². The van der Waals surface area contributed by atoms with Crippen molar-refractivity contribution in [1.82, 2.24) is 24.5 Å². The van der Waals surface area contributed by atoms with Crippen molar-refractivity contribution in [2.45, 2.75) is 19.9 Å². The molecule has 1 amide bonds. The van der Waals surface area contributed by atoms with Gasteiger partial charge in [-0.25, -0.2) is 0 Å². The zero-order valence-corrected chi connectivity index (χ0v) is 21.0. The molecule has 0 aliphatic carbocycles. The smallest absolute Gasteiger partial charge is 0.256 e. The quantitative estimate of drug-likeness (QED) is 0.381. The van der Waals surface area contributed by atoms with Crippen molar-refractivity contribution in [2.24, 2.45) is 0 Å². The van der Waals surface area contributed by atoms with Gasteiger partial charge in [0.2, 0.25) is 5.91 Å². The number of hydrogen-bond donors (Lipinski definition) is 1. The van der Waals surface area contributed by atoms with Crippen LogP contribution in [0, 0.1) is 0 Å². The van der Waals surface area contributed by atoms with E-state index in [4.69, 9.17) is 15.1 Å². The minimum atomic E-state index is 0.0296. The summed E-state index contributed by atoms with van der Waals surface area (Å²) in [6.07, 6.45) is 0. The number of carbonyl (C=O) groups is 1. The summed E-state index contributed by atoms with van der Waals surface area (Å²) in [5.74, 6) is 2.94. The van der Waals surface area contributed by atoms with Crippen LogP contribution in [0.3, 0.4) is 0 Å². The van der Waals surface area contributed by atoms with Crippen molar-refractivity contribution in [2.75, 3.05) is 36.4 Å². The number of anilines is 2. The third kappa shape index (κ3) is 4.58. The second-order valence-corrected chi connectivity index (χ2v) is 9.48. The summed E-state index contributed by atoms with van der Waals surface area (Å²) in [5.41, 5.74) is 2.13. The topological polar surface area (TPSA) is 78.7 Å². The molecule has 8 nitrogen and oxygen atoms in total. The maximum atomic E-state index is 11.8. The van der Waals surface area contributed by atoms with Crippen molar-refractivity contribution in [3.8, 4) is 11.4 Å². The fourth-order valence-corrected chi connectivity index (χ4v) is 4.86. The van der Waals surface area contributed by atoms with Crippen molar-refractivity contribution < 1.29 is 4.79 Å². The third-order valence-corrected chi connectivity index (χ3v) is 7.02. The predicted octanol–water partition coefficient (Wildman–Crippen LogP) is 4.79. The van der Waals surface area contributed by atoms with E-state index in [9.17, 15) is 4.79 Å². The van der Waals surface area contributed by atoms with Gasteiger partial charge in [0.15, 0.2) is 5.82 Å².